The van der Waals surface area contributed by atoms with E-state index in [0.29, 0.717) is 24.4 Å². The highest BCUT2D eigenvalue weighted by molar-refractivity contribution is 5.98. The molecule has 0 heterocycles. The Bertz CT molecular complexity index is 680. The number of benzene rings is 1. The standard InChI is InChI=1S/C18H22N2O4/c1-12-5-4-8-18(10-12,23-3)17(22)20-16-7-6-15(24-13(2)21)9-14(16)11-19/h6-7,9,12H,4-5,8,10H2,1-3H3,(H,20,22). The largest absolute Gasteiger partial charge is 0.427 e. The number of nitrogens with one attached hydrogen (secondary N) is 1. The smallest absolute Gasteiger partial charge is 0.308 e. The zero-order chi connectivity index (χ0) is 17.7. The lowest BCUT2D eigenvalue weighted by atomic mass is 9.78. The number of carbonyl (C=O) groups excluding carboxylic acids is 2. The summed E-state index contributed by atoms with van der Waals surface area (Å²) in [5.41, 5.74) is -0.246. The minimum atomic E-state index is -0.862. The van der Waals surface area contributed by atoms with E-state index in [0.717, 1.165) is 12.8 Å². The van der Waals surface area contributed by atoms with E-state index in [-0.39, 0.29) is 17.2 Å². The van der Waals surface area contributed by atoms with Crippen molar-refractivity contribution in [1.29, 1.82) is 5.26 Å². The third-order valence-corrected chi connectivity index (χ3v) is 4.38. The first-order valence-electron chi connectivity index (χ1n) is 7.99. The first-order chi connectivity index (χ1) is 11.4. The molecule has 2 rings (SSSR count). The number of esters is 1. The van der Waals surface area contributed by atoms with Gasteiger partial charge in [-0.15, -0.1) is 0 Å². The average Bonchev–Trinajstić information content (AvgIpc) is 2.55. The molecular weight excluding hydrogens is 308 g/mol. The average molecular weight is 330 g/mol. The van der Waals surface area contributed by atoms with Crippen LogP contribution in [0, 0.1) is 17.2 Å². The summed E-state index contributed by atoms with van der Waals surface area (Å²) in [7, 11) is 1.55. The molecule has 0 radical (unpaired) electrons. The molecule has 1 aliphatic carbocycles. The van der Waals surface area contributed by atoms with Gasteiger partial charge in [-0.3, -0.25) is 9.59 Å². The molecule has 1 aliphatic rings. The molecule has 1 fully saturated rings. The van der Waals surface area contributed by atoms with Gasteiger partial charge in [-0.25, -0.2) is 0 Å². The Balaban J connectivity index is 2.21. The monoisotopic (exact) mass is 330 g/mol. The van der Waals surface area contributed by atoms with E-state index >= 15 is 0 Å². The fraction of sp³-hybridized carbons (Fsp3) is 0.500. The van der Waals surface area contributed by atoms with Crippen molar-refractivity contribution in [3.05, 3.63) is 23.8 Å². The molecule has 1 saturated carbocycles. The molecule has 1 N–H and O–H groups in total. The van der Waals surface area contributed by atoms with Crippen molar-refractivity contribution >= 4 is 17.6 Å². The summed E-state index contributed by atoms with van der Waals surface area (Å²) in [6, 6.07) is 6.54. The van der Waals surface area contributed by atoms with Crippen molar-refractivity contribution in [2.24, 2.45) is 5.92 Å². The molecule has 24 heavy (non-hydrogen) atoms. The van der Waals surface area contributed by atoms with E-state index in [1.54, 1.807) is 19.2 Å². The molecule has 128 valence electrons. The van der Waals surface area contributed by atoms with E-state index in [4.69, 9.17) is 9.47 Å². The van der Waals surface area contributed by atoms with Crippen LogP contribution in [0.1, 0.15) is 45.1 Å². The number of methoxy groups -OCH3 is 1. The van der Waals surface area contributed by atoms with Crippen molar-refractivity contribution < 1.29 is 19.1 Å². The second-order valence-electron chi connectivity index (χ2n) is 6.27. The van der Waals surface area contributed by atoms with Crippen LogP contribution in [0.15, 0.2) is 18.2 Å². The number of rotatable bonds is 4. The summed E-state index contributed by atoms with van der Waals surface area (Å²) in [6.07, 6.45) is 3.33. The summed E-state index contributed by atoms with van der Waals surface area (Å²) in [5, 5.41) is 12.1. The molecule has 1 aromatic rings. The fourth-order valence-corrected chi connectivity index (χ4v) is 3.18. The summed E-state index contributed by atoms with van der Waals surface area (Å²) >= 11 is 0. The van der Waals surface area contributed by atoms with Crippen LogP contribution in [-0.2, 0) is 14.3 Å². The molecule has 0 bridgehead atoms. The second-order valence-corrected chi connectivity index (χ2v) is 6.27. The maximum absolute atomic E-state index is 12.8. The van der Waals surface area contributed by atoms with Crippen molar-refractivity contribution in [2.45, 2.75) is 45.1 Å². The maximum Gasteiger partial charge on any atom is 0.308 e. The SMILES string of the molecule is COC1(C(=O)Nc2ccc(OC(C)=O)cc2C#N)CCCC(C)C1. The second kappa shape index (κ2) is 7.45. The predicted octanol–water partition coefficient (Wildman–Crippen LogP) is 3.02. The highest BCUT2D eigenvalue weighted by atomic mass is 16.5. The minimum Gasteiger partial charge on any atom is -0.427 e. The lowest BCUT2D eigenvalue weighted by molar-refractivity contribution is -0.143. The molecule has 2 unspecified atom stereocenters. The zero-order valence-corrected chi connectivity index (χ0v) is 14.2. The number of amides is 1. The normalized spacial score (nSPS) is 23.2. The minimum absolute atomic E-state index is 0.234. The highest BCUT2D eigenvalue weighted by Gasteiger charge is 2.42. The molecular formula is C18H22N2O4. The van der Waals surface area contributed by atoms with Gasteiger partial charge in [0.15, 0.2) is 0 Å². The number of nitriles is 1. The fourth-order valence-electron chi connectivity index (χ4n) is 3.18. The first-order valence-corrected chi connectivity index (χ1v) is 7.99. The van der Waals surface area contributed by atoms with Gasteiger partial charge < -0.3 is 14.8 Å². The molecule has 0 aliphatic heterocycles. The molecule has 6 nitrogen and oxygen atoms in total. The van der Waals surface area contributed by atoms with Gasteiger partial charge in [-0.1, -0.05) is 13.3 Å². The molecule has 0 spiro atoms. The lowest BCUT2D eigenvalue weighted by Crippen LogP contribution is -2.48. The Labute approximate surface area is 141 Å². The quantitative estimate of drug-likeness (QED) is 0.677. The molecule has 1 aromatic carbocycles. The number of carbonyl (C=O) groups is 2. The van der Waals surface area contributed by atoms with Gasteiger partial charge in [0.1, 0.15) is 17.4 Å². The summed E-state index contributed by atoms with van der Waals surface area (Å²) in [4.78, 5) is 23.8. The van der Waals surface area contributed by atoms with Gasteiger partial charge in [-0.2, -0.15) is 5.26 Å². The van der Waals surface area contributed by atoms with Crippen molar-refractivity contribution in [2.75, 3.05) is 12.4 Å². The van der Waals surface area contributed by atoms with Gasteiger partial charge in [0, 0.05) is 20.1 Å². The topological polar surface area (TPSA) is 88.4 Å². The van der Waals surface area contributed by atoms with Gasteiger partial charge in [0.05, 0.1) is 11.3 Å². The highest BCUT2D eigenvalue weighted by Crippen LogP contribution is 2.36. The summed E-state index contributed by atoms with van der Waals surface area (Å²) in [5.74, 6) is -0.0329. The Kier molecular flexibility index (Phi) is 5.58. The van der Waals surface area contributed by atoms with Gasteiger partial charge in [0.2, 0.25) is 0 Å². The van der Waals surface area contributed by atoms with E-state index in [9.17, 15) is 14.9 Å². The van der Waals surface area contributed by atoms with E-state index in [1.165, 1.54) is 13.0 Å². The Morgan fingerprint density at radius 1 is 1.42 bits per heavy atom. The van der Waals surface area contributed by atoms with Gasteiger partial charge >= 0.3 is 5.97 Å². The third kappa shape index (κ3) is 3.92. The van der Waals surface area contributed by atoms with Crippen LogP contribution in [0.25, 0.3) is 0 Å². The number of hydrogen-bond donors (Lipinski definition) is 1. The van der Waals surface area contributed by atoms with Crippen LogP contribution >= 0.6 is 0 Å². The van der Waals surface area contributed by atoms with E-state index in [2.05, 4.69) is 12.2 Å². The molecule has 1 amide bonds. The van der Waals surface area contributed by atoms with Crippen molar-refractivity contribution in [3.8, 4) is 11.8 Å². The van der Waals surface area contributed by atoms with Crippen LogP contribution in [0.5, 0.6) is 5.75 Å². The maximum atomic E-state index is 12.8. The van der Waals surface area contributed by atoms with Crippen LogP contribution in [0.3, 0.4) is 0 Å². The molecule has 2 atom stereocenters. The first kappa shape index (κ1) is 18.0. The van der Waals surface area contributed by atoms with E-state index < -0.39 is 11.6 Å². The van der Waals surface area contributed by atoms with E-state index in [1.807, 2.05) is 6.07 Å². The third-order valence-electron chi connectivity index (χ3n) is 4.38. The number of hydrogen-bond acceptors (Lipinski definition) is 5. The zero-order valence-electron chi connectivity index (χ0n) is 14.2. The number of anilines is 1. The number of nitrogens with zero attached hydrogens (tertiary/aromatic N) is 1. The van der Waals surface area contributed by atoms with Crippen LogP contribution in [0.4, 0.5) is 5.69 Å². The van der Waals surface area contributed by atoms with Gasteiger partial charge in [-0.05, 0) is 37.3 Å². The van der Waals surface area contributed by atoms with Crippen LogP contribution in [-0.4, -0.2) is 24.6 Å². The van der Waals surface area contributed by atoms with Crippen LogP contribution < -0.4 is 10.1 Å². The molecule has 0 saturated heterocycles. The van der Waals surface area contributed by atoms with Crippen molar-refractivity contribution in [1.82, 2.24) is 0 Å². The molecule has 0 aromatic heterocycles. The van der Waals surface area contributed by atoms with Gasteiger partial charge in [0.25, 0.3) is 5.91 Å². The van der Waals surface area contributed by atoms with Crippen molar-refractivity contribution in [3.63, 3.8) is 0 Å². The lowest BCUT2D eigenvalue weighted by Gasteiger charge is -2.37. The van der Waals surface area contributed by atoms with Crippen LogP contribution in [0.2, 0.25) is 0 Å². The number of ether oxygens (including phenoxy) is 2. The predicted molar refractivity (Wildman–Crippen MR) is 88.5 cm³/mol. The Morgan fingerprint density at radius 3 is 2.75 bits per heavy atom. The Morgan fingerprint density at radius 2 is 2.17 bits per heavy atom. The summed E-state index contributed by atoms with van der Waals surface area (Å²) < 4.78 is 10.5. The Hall–Kier alpha value is -2.39. The molecule has 6 heteroatoms. The summed E-state index contributed by atoms with van der Waals surface area (Å²) in [6.45, 7) is 3.39.